The van der Waals surface area contributed by atoms with E-state index in [2.05, 4.69) is 22.4 Å². The van der Waals surface area contributed by atoms with Crippen LogP contribution in [0, 0.1) is 0 Å². The number of tetrazole rings is 1. The van der Waals surface area contributed by atoms with E-state index in [9.17, 15) is 4.79 Å². The van der Waals surface area contributed by atoms with Gasteiger partial charge in [-0.1, -0.05) is 30.7 Å². The minimum absolute atomic E-state index is 0.122. The normalized spacial score (nSPS) is 10.5. The number of hydrogen-bond donors (Lipinski definition) is 2. The number of benzene rings is 1. The van der Waals surface area contributed by atoms with E-state index in [0.717, 1.165) is 16.3 Å². The molecule has 31 heavy (non-hydrogen) atoms. The summed E-state index contributed by atoms with van der Waals surface area (Å²) in [6.07, 6.45) is 0.832. The summed E-state index contributed by atoms with van der Waals surface area (Å²) in [5.41, 5.74) is 1.05. The zero-order valence-corrected chi connectivity index (χ0v) is 18.5. The van der Waals surface area contributed by atoms with Gasteiger partial charge in [0.15, 0.2) is 11.6 Å². The van der Waals surface area contributed by atoms with Gasteiger partial charge in [0.2, 0.25) is 0 Å². The highest BCUT2D eigenvalue weighted by atomic mass is 35.5. The highest BCUT2D eigenvalue weighted by molar-refractivity contribution is 7.15. The number of aryl methyl sites for hydroxylation is 1. The summed E-state index contributed by atoms with van der Waals surface area (Å²) in [4.78, 5) is 34.3. The Morgan fingerprint density at radius 1 is 1.13 bits per heavy atom. The fourth-order valence-corrected chi connectivity index (χ4v) is 3.74. The lowest BCUT2D eigenvalue weighted by Crippen LogP contribution is -2.16. The monoisotopic (exact) mass is 465 g/mol. The summed E-state index contributed by atoms with van der Waals surface area (Å²) < 4.78 is 1.65. The summed E-state index contributed by atoms with van der Waals surface area (Å²) in [6, 6.07) is 8.98. The van der Waals surface area contributed by atoms with Crippen LogP contribution in [0.1, 0.15) is 33.5 Å². The zero-order valence-electron chi connectivity index (χ0n) is 16.9. The van der Waals surface area contributed by atoms with E-state index in [-0.39, 0.29) is 5.78 Å². The van der Waals surface area contributed by atoms with Gasteiger partial charge in [0.05, 0.1) is 17.1 Å². The van der Waals surface area contributed by atoms with Gasteiger partial charge in [-0.05, 0) is 49.1 Å². The Morgan fingerprint density at radius 2 is 1.77 bits per heavy atom. The van der Waals surface area contributed by atoms with Gasteiger partial charge >= 0.3 is 11.9 Å². The molecule has 12 heteroatoms. The summed E-state index contributed by atoms with van der Waals surface area (Å²) >= 11 is 7.74. The molecule has 0 spiro atoms. The molecule has 0 atom stereocenters. The van der Waals surface area contributed by atoms with E-state index in [1.807, 2.05) is 31.1 Å². The number of ketones is 1. The molecule has 3 aromatic rings. The van der Waals surface area contributed by atoms with Crippen molar-refractivity contribution < 1.29 is 24.6 Å². The molecule has 2 N–H and O–H groups in total. The Kier molecular flexibility index (Phi) is 8.37. The number of carboxylic acid groups (broad SMARTS) is 2. The standard InChI is InChI=1S/C17H18ClN5OS.C2H2O4/c1-4-11-9-13(16(24)12-7-5-6-8-14(12)18)17(25-11)23-15(10-22(2)3)19-20-21-23;3-1(4)2(5)6/h5-9H,4,10H2,1-3H3;(H,3,4)(H,5,6). The molecule has 0 aliphatic rings. The highest BCUT2D eigenvalue weighted by Crippen LogP contribution is 2.30. The van der Waals surface area contributed by atoms with Crippen molar-refractivity contribution in [1.29, 1.82) is 0 Å². The van der Waals surface area contributed by atoms with Gasteiger partial charge in [0.25, 0.3) is 0 Å². The van der Waals surface area contributed by atoms with Crippen LogP contribution in [0.25, 0.3) is 5.00 Å². The fraction of sp³-hybridized carbons (Fsp3) is 0.263. The number of halogens is 1. The molecule has 0 saturated heterocycles. The smallest absolute Gasteiger partial charge is 0.414 e. The minimum Gasteiger partial charge on any atom is -0.473 e. The molecule has 3 rings (SSSR count). The summed E-state index contributed by atoms with van der Waals surface area (Å²) in [6.45, 7) is 2.63. The van der Waals surface area contributed by atoms with E-state index in [4.69, 9.17) is 31.4 Å². The Bertz CT molecular complexity index is 1080. The maximum atomic E-state index is 13.1. The van der Waals surface area contributed by atoms with Crippen molar-refractivity contribution in [3.63, 3.8) is 0 Å². The number of carbonyl (C=O) groups is 3. The Balaban J connectivity index is 0.000000501. The van der Waals surface area contributed by atoms with E-state index in [0.29, 0.717) is 28.5 Å². The number of nitrogens with zero attached hydrogens (tertiary/aromatic N) is 5. The molecule has 164 valence electrons. The number of thiophene rings is 1. The van der Waals surface area contributed by atoms with Crippen LogP contribution in [0.5, 0.6) is 0 Å². The van der Waals surface area contributed by atoms with Gasteiger partial charge in [-0.3, -0.25) is 4.79 Å². The lowest BCUT2D eigenvalue weighted by molar-refractivity contribution is -0.159. The highest BCUT2D eigenvalue weighted by Gasteiger charge is 2.23. The van der Waals surface area contributed by atoms with Gasteiger partial charge in [0, 0.05) is 10.4 Å². The van der Waals surface area contributed by atoms with E-state index in [1.165, 1.54) is 11.3 Å². The van der Waals surface area contributed by atoms with Gasteiger partial charge in [-0.2, -0.15) is 4.68 Å². The number of aliphatic carboxylic acids is 2. The summed E-state index contributed by atoms with van der Waals surface area (Å²) in [5, 5.41) is 27.9. The molecule has 0 fully saturated rings. The fourth-order valence-electron chi connectivity index (χ4n) is 2.46. The first kappa shape index (κ1) is 24.1. The summed E-state index contributed by atoms with van der Waals surface area (Å²) in [7, 11) is 3.89. The third-order valence-electron chi connectivity index (χ3n) is 3.84. The molecule has 0 bridgehead atoms. The maximum Gasteiger partial charge on any atom is 0.414 e. The van der Waals surface area contributed by atoms with Crippen LogP contribution in [0.3, 0.4) is 0 Å². The molecule has 0 aliphatic heterocycles. The van der Waals surface area contributed by atoms with Crippen LogP contribution in [0.2, 0.25) is 5.02 Å². The molecular weight excluding hydrogens is 446 g/mol. The molecular formula is C19H20ClN5O5S. The number of hydrogen-bond acceptors (Lipinski definition) is 8. The quantitative estimate of drug-likeness (QED) is 0.414. The van der Waals surface area contributed by atoms with Crippen molar-refractivity contribution in [2.75, 3.05) is 14.1 Å². The third-order valence-corrected chi connectivity index (χ3v) is 5.43. The van der Waals surface area contributed by atoms with Gasteiger partial charge in [0.1, 0.15) is 5.00 Å². The summed E-state index contributed by atoms with van der Waals surface area (Å²) in [5.74, 6) is -3.09. The van der Waals surface area contributed by atoms with Crippen molar-refractivity contribution in [2.45, 2.75) is 19.9 Å². The topological polar surface area (TPSA) is 139 Å². The number of rotatable bonds is 6. The number of carbonyl (C=O) groups excluding carboxylic acids is 1. The van der Waals surface area contributed by atoms with Gasteiger partial charge < -0.3 is 15.1 Å². The number of carboxylic acids is 2. The second-order valence-electron chi connectivity index (χ2n) is 6.45. The second-order valence-corrected chi connectivity index (χ2v) is 7.97. The minimum atomic E-state index is -1.82. The molecule has 2 heterocycles. The SMILES string of the molecule is CCc1cc(C(=O)c2ccccc2Cl)c(-n2nnnc2CN(C)C)s1.O=C(O)C(=O)O. The van der Waals surface area contributed by atoms with Crippen LogP contribution < -0.4 is 0 Å². The molecule has 0 aliphatic carbocycles. The average Bonchev–Trinajstić information content (AvgIpc) is 3.34. The largest absolute Gasteiger partial charge is 0.473 e. The molecule has 2 aromatic heterocycles. The predicted molar refractivity (Wildman–Crippen MR) is 114 cm³/mol. The van der Waals surface area contributed by atoms with Crippen LogP contribution in [0.15, 0.2) is 30.3 Å². The van der Waals surface area contributed by atoms with Crippen molar-refractivity contribution >= 4 is 40.7 Å². The van der Waals surface area contributed by atoms with Crippen molar-refractivity contribution in [1.82, 2.24) is 25.1 Å². The molecule has 0 radical (unpaired) electrons. The lowest BCUT2D eigenvalue weighted by Gasteiger charge is -2.10. The van der Waals surface area contributed by atoms with E-state index >= 15 is 0 Å². The second kappa shape index (κ2) is 10.8. The predicted octanol–water partition coefficient (Wildman–Crippen LogP) is 2.39. The Morgan fingerprint density at radius 3 is 2.32 bits per heavy atom. The zero-order chi connectivity index (χ0) is 23.1. The van der Waals surface area contributed by atoms with Crippen LogP contribution >= 0.6 is 22.9 Å². The van der Waals surface area contributed by atoms with Gasteiger partial charge in [-0.15, -0.1) is 16.4 Å². The average molecular weight is 466 g/mol. The maximum absolute atomic E-state index is 13.1. The molecule has 0 unspecified atom stereocenters. The lowest BCUT2D eigenvalue weighted by atomic mass is 10.0. The Hall–Kier alpha value is -3.15. The van der Waals surface area contributed by atoms with Gasteiger partial charge in [-0.25, -0.2) is 9.59 Å². The molecule has 10 nitrogen and oxygen atoms in total. The third kappa shape index (κ3) is 6.17. The van der Waals surface area contributed by atoms with Crippen molar-refractivity contribution in [2.24, 2.45) is 0 Å². The first-order valence-electron chi connectivity index (χ1n) is 8.96. The van der Waals surface area contributed by atoms with Crippen LogP contribution in [-0.4, -0.2) is 67.1 Å². The first-order valence-corrected chi connectivity index (χ1v) is 10.2. The van der Waals surface area contributed by atoms with Crippen LogP contribution in [-0.2, 0) is 22.6 Å². The number of aromatic nitrogens is 4. The first-order chi connectivity index (χ1) is 14.6. The van der Waals surface area contributed by atoms with Crippen molar-refractivity contribution in [3.05, 3.63) is 57.2 Å². The Labute approximate surface area is 186 Å². The molecule has 1 aromatic carbocycles. The molecule has 0 saturated carbocycles. The van der Waals surface area contributed by atoms with Crippen molar-refractivity contribution in [3.8, 4) is 5.00 Å². The van der Waals surface area contributed by atoms with E-state index < -0.39 is 11.9 Å². The van der Waals surface area contributed by atoms with E-state index in [1.54, 1.807) is 22.9 Å². The van der Waals surface area contributed by atoms with Crippen LogP contribution in [0.4, 0.5) is 0 Å². The molecule has 0 amide bonds.